The van der Waals surface area contributed by atoms with Crippen LogP contribution in [0.5, 0.6) is 0 Å². The van der Waals surface area contributed by atoms with E-state index in [4.69, 9.17) is 9.47 Å². The van der Waals surface area contributed by atoms with Crippen molar-refractivity contribution in [3.63, 3.8) is 0 Å². The molecule has 1 aromatic carbocycles. The summed E-state index contributed by atoms with van der Waals surface area (Å²) < 4.78 is 12.8. The molecule has 1 spiro atoms. The van der Waals surface area contributed by atoms with Crippen LogP contribution in [0.2, 0.25) is 0 Å². The van der Waals surface area contributed by atoms with E-state index in [1.807, 2.05) is 30.3 Å². The molecule has 0 amide bonds. The maximum Gasteiger partial charge on any atom is 0.338 e. The van der Waals surface area contributed by atoms with E-state index in [9.17, 15) is 4.79 Å². The highest BCUT2D eigenvalue weighted by atomic mass is 16.6. The summed E-state index contributed by atoms with van der Waals surface area (Å²) in [6.45, 7) is 12.4. The molecule has 37 heavy (non-hydrogen) atoms. The summed E-state index contributed by atoms with van der Waals surface area (Å²) >= 11 is 0. The Morgan fingerprint density at radius 2 is 1.84 bits per heavy atom. The van der Waals surface area contributed by atoms with E-state index in [0.717, 1.165) is 43.4 Å². The molecule has 4 fully saturated rings. The van der Waals surface area contributed by atoms with Crippen molar-refractivity contribution in [2.75, 3.05) is 0 Å². The van der Waals surface area contributed by atoms with Gasteiger partial charge in [0.1, 0.15) is 11.7 Å². The Balaban J connectivity index is 1.17. The highest BCUT2D eigenvalue weighted by molar-refractivity contribution is 5.89. The first-order chi connectivity index (χ1) is 17.7. The molecular weight excluding hydrogens is 456 g/mol. The van der Waals surface area contributed by atoms with Crippen LogP contribution in [0.4, 0.5) is 0 Å². The zero-order valence-electron chi connectivity index (χ0n) is 23.8. The topological polar surface area (TPSA) is 38.8 Å². The Bertz CT molecular complexity index is 1040. The lowest BCUT2D eigenvalue weighted by Gasteiger charge is -2.58. The van der Waals surface area contributed by atoms with Gasteiger partial charge in [0.05, 0.1) is 11.7 Å². The lowest BCUT2D eigenvalue weighted by Crippen LogP contribution is -2.54. The summed E-state index contributed by atoms with van der Waals surface area (Å²) in [5.74, 6) is 3.44. The lowest BCUT2D eigenvalue weighted by atomic mass is 9.47. The fourth-order valence-corrected chi connectivity index (χ4v) is 9.75. The molecule has 3 heteroatoms. The van der Waals surface area contributed by atoms with Gasteiger partial charge < -0.3 is 9.47 Å². The van der Waals surface area contributed by atoms with Crippen molar-refractivity contribution < 1.29 is 14.3 Å². The summed E-state index contributed by atoms with van der Waals surface area (Å²) in [5.41, 5.74) is 2.97. The van der Waals surface area contributed by atoms with E-state index in [1.165, 1.54) is 38.5 Å². The molecule has 6 rings (SSSR count). The van der Waals surface area contributed by atoms with E-state index in [2.05, 4.69) is 40.7 Å². The zero-order chi connectivity index (χ0) is 26.0. The van der Waals surface area contributed by atoms with Crippen LogP contribution in [0, 0.1) is 40.4 Å². The number of carbonyl (C=O) groups is 1. The summed E-state index contributed by atoms with van der Waals surface area (Å²) in [6.07, 6.45) is 15.3. The second-order valence-electron chi connectivity index (χ2n) is 14.3. The number of ether oxygens (including phenoxy) is 2. The van der Waals surface area contributed by atoms with Crippen LogP contribution in [0.25, 0.3) is 0 Å². The second kappa shape index (κ2) is 9.25. The summed E-state index contributed by atoms with van der Waals surface area (Å²) in [7, 11) is 0. The predicted molar refractivity (Wildman–Crippen MR) is 148 cm³/mol. The number of benzene rings is 1. The third-order valence-electron chi connectivity index (χ3n) is 11.9. The molecule has 1 saturated heterocycles. The van der Waals surface area contributed by atoms with Gasteiger partial charge in [-0.2, -0.15) is 0 Å². The average molecular weight is 505 g/mol. The summed E-state index contributed by atoms with van der Waals surface area (Å²) in [5, 5.41) is 0. The molecule has 0 unspecified atom stereocenters. The molecule has 5 aliphatic rings. The van der Waals surface area contributed by atoms with Gasteiger partial charge in [-0.05, 0) is 97.7 Å². The second-order valence-corrected chi connectivity index (χ2v) is 14.3. The van der Waals surface area contributed by atoms with E-state index in [-0.39, 0.29) is 17.7 Å². The Morgan fingerprint density at radius 1 is 1.05 bits per heavy atom. The van der Waals surface area contributed by atoms with Crippen molar-refractivity contribution in [1.29, 1.82) is 0 Å². The first-order valence-corrected chi connectivity index (χ1v) is 15.3. The van der Waals surface area contributed by atoms with Crippen molar-refractivity contribution in [3.05, 3.63) is 47.5 Å². The number of rotatable bonds is 7. The number of esters is 1. The van der Waals surface area contributed by atoms with Gasteiger partial charge in [-0.1, -0.05) is 78.2 Å². The fourth-order valence-electron chi connectivity index (χ4n) is 9.75. The van der Waals surface area contributed by atoms with E-state index < -0.39 is 0 Å². The average Bonchev–Trinajstić information content (AvgIpc) is 3.54. The van der Waals surface area contributed by atoms with Crippen LogP contribution < -0.4 is 0 Å². The minimum atomic E-state index is -0.165. The van der Waals surface area contributed by atoms with Gasteiger partial charge in [0.25, 0.3) is 0 Å². The van der Waals surface area contributed by atoms with Crippen molar-refractivity contribution in [3.8, 4) is 0 Å². The number of hydrogen-bond acceptors (Lipinski definition) is 3. The van der Waals surface area contributed by atoms with Crippen molar-refractivity contribution in [1.82, 2.24) is 0 Å². The molecule has 0 N–H and O–H groups in total. The largest absolute Gasteiger partial charge is 0.459 e. The molecule has 0 aromatic heterocycles. The minimum absolute atomic E-state index is 0.0253. The van der Waals surface area contributed by atoms with Gasteiger partial charge >= 0.3 is 5.97 Å². The zero-order valence-corrected chi connectivity index (χ0v) is 23.8. The molecule has 1 heterocycles. The number of epoxide rings is 1. The van der Waals surface area contributed by atoms with Crippen molar-refractivity contribution >= 4 is 5.97 Å². The number of carbonyl (C=O) groups excluding carboxylic acids is 1. The van der Waals surface area contributed by atoms with Crippen LogP contribution in [-0.4, -0.2) is 23.8 Å². The molecule has 1 aromatic rings. The molecular formula is C34H48O3. The Hall–Kier alpha value is -1.61. The van der Waals surface area contributed by atoms with E-state index >= 15 is 0 Å². The van der Waals surface area contributed by atoms with Crippen LogP contribution in [0.15, 0.2) is 42.0 Å². The number of allylic oxidation sites excluding steroid dienone is 1. The smallest absolute Gasteiger partial charge is 0.338 e. The summed E-state index contributed by atoms with van der Waals surface area (Å²) in [4.78, 5) is 12.7. The molecule has 202 valence electrons. The fraction of sp³-hybridized carbons (Fsp3) is 0.735. The van der Waals surface area contributed by atoms with Crippen LogP contribution in [0.3, 0.4) is 0 Å². The SMILES string of the molecule is CC(C)CCC[C@@H](C)[C@H]1C[C@H]2O[C@@]23C2=CC[C@H]4C[C@@H](OC(=O)c5ccccc5)CC[C@]4(C)[C@H]2CC[C@]13C. The maximum atomic E-state index is 12.7. The van der Waals surface area contributed by atoms with Crippen LogP contribution in [-0.2, 0) is 9.47 Å². The third kappa shape index (κ3) is 3.97. The van der Waals surface area contributed by atoms with Gasteiger partial charge in [0, 0.05) is 5.41 Å². The molecule has 0 bridgehead atoms. The normalized spacial score (nSPS) is 42.6. The van der Waals surface area contributed by atoms with Gasteiger partial charge in [-0.15, -0.1) is 0 Å². The van der Waals surface area contributed by atoms with E-state index in [1.54, 1.807) is 5.57 Å². The van der Waals surface area contributed by atoms with Gasteiger partial charge in [-0.25, -0.2) is 4.79 Å². The monoisotopic (exact) mass is 504 g/mol. The molecule has 0 radical (unpaired) electrons. The predicted octanol–water partition coefficient (Wildman–Crippen LogP) is 8.38. The third-order valence-corrected chi connectivity index (χ3v) is 11.9. The summed E-state index contributed by atoms with van der Waals surface area (Å²) in [6, 6.07) is 9.47. The van der Waals surface area contributed by atoms with Gasteiger partial charge in [0.15, 0.2) is 0 Å². The van der Waals surface area contributed by atoms with Crippen LogP contribution in [0.1, 0.15) is 109 Å². The van der Waals surface area contributed by atoms with Gasteiger partial charge in [0.2, 0.25) is 0 Å². The first-order valence-electron chi connectivity index (χ1n) is 15.3. The molecule has 1 aliphatic heterocycles. The Morgan fingerprint density at radius 3 is 2.59 bits per heavy atom. The van der Waals surface area contributed by atoms with Crippen molar-refractivity contribution in [2.45, 2.75) is 117 Å². The van der Waals surface area contributed by atoms with Crippen molar-refractivity contribution in [2.24, 2.45) is 40.4 Å². The Labute approximate surface area is 224 Å². The number of hydrogen-bond donors (Lipinski definition) is 0. The highest BCUT2D eigenvalue weighted by Gasteiger charge is 2.79. The van der Waals surface area contributed by atoms with Gasteiger partial charge in [-0.3, -0.25) is 0 Å². The van der Waals surface area contributed by atoms with E-state index in [0.29, 0.717) is 34.3 Å². The molecule has 3 nitrogen and oxygen atoms in total. The highest BCUT2D eigenvalue weighted by Crippen LogP contribution is 2.76. The standard InChI is InChI=1S/C34H48O3/c1-22(2)10-9-11-23(3)29-21-30-34(37-30)28-15-14-25-20-26(36-31(35)24-12-7-6-8-13-24)16-18-32(25,4)27(28)17-19-33(29,34)5/h6-8,12-13,15,22-23,25-27,29-30H,9-11,14,16-21H2,1-5H3/t23-,25+,26+,27+,29-,30-,32+,33-,34+/m1/s1. The minimum Gasteiger partial charge on any atom is -0.459 e. The molecule has 4 aliphatic carbocycles. The Kier molecular flexibility index (Phi) is 6.41. The maximum absolute atomic E-state index is 12.7. The molecule has 3 saturated carbocycles. The quantitative estimate of drug-likeness (QED) is 0.213. The molecule has 9 atom stereocenters. The number of fused-ring (bicyclic) bond motifs is 3. The van der Waals surface area contributed by atoms with Crippen LogP contribution >= 0.6 is 0 Å². The lowest BCUT2D eigenvalue weighted by molar-refractivity contribution is -0.0665. The first kappa shape index (κ1) is 25.7.